The summed E-state index contributed by atoms with van der Waals surface area (Å²) in [5, 5.41) is 8.09. The fourth-order valence-corrected chi connectivity index (χ4v) is 5.33. The summed E-state index contributed by atoms with van der Waals surface area (Å²) in [6.45, 7) is 0.825. The Bertz CT molecular complexity index is 1860. The summed E-state index contributed by atoms with van der Waals surface area (Å²) in [5.41, 5.74) is 5.56. The average Bonchev–Trinajstić information content (AvgIpc) is 3.55. The molecule has 0 saturated heterocycles. The lowest BCUT2D eigenvalue weighted by Gasteiger charge is -2.12. The van der Waals surface area contributed by atoms with E-state index in [0.29, 0.717) is 23.0 Å². The van der Waals surface area contributed by atoms with Crippen molar-refractivity contribution in [2.45, 2.75) is 6.54 Å². The van der Waals surface area contributed by atoms with E-state index in [2.05, 4.69) is 32.7 Å². The number of rotatable bonds is 8. The van der Waals surface area contributed by atoms with Crippen LogP contribution in [0.15, 0.2) is 96.6 Å². The number of nitrogens with zero attached hydrogens (tertiary/aromatic N) is 5. The van der Waals surface area contributed by atoms with Gasteiger partial charge in [-0.15, -0.1) is 11.3 Å². The number of thiazole rings is 1. The third kappa shape index (κ3) is 5.69. The second-order valence-electron chi connectivity index (χ2n) is 9.71. The Hall–Kier alpha value is -4.93. The van der Waals surface area contributed by atoms with Crippen LogP contribution in [-0.2, 0) is 6.54 Å². The molecule has 0 atom stereocenters. The van der Waals surface area contributed by atoms with E-state index < -0.39 is 11.7 Å². The SMILES string of the molecule is CN(C)Cc1cccc(Nc2nccc(-c3c(-c4cccc(NC(=O)c5ccccc5F)c4)nc4sccn34)n2)c1. The molecule has 204 valence electrons. The number of nitrogens with one attached hydrogen (secondary N) is 2. The molecule has 6 rings (SSSR count). The van der Waals surface area contributed by atoms with E-state index in [-0.39, 0.29) is 5.56 Å². The zero-order valence-electron chi connectivity index (χ0n) is 22.4. The molecule has 3 aromatic heterocycles. The van der Waals surface area contributed by atoms with Crippen LogP contribution >= 0.6 is 11.3 Å². The van der Waals surface area contributed by atoms with Gasteiger partial charge in [-0.2, -0.15) is 0 Å². The van der Waals surface area contributed by atoms with Crippen molar-refractivity contribution in [2.24, 2.45) is 0 Å². The van der Waals surface area contributed by atoms with Gasteiger partial charge in [-0.3, -0.25) is 9.20 Å². The van der Waals surface area contributed by atoms with Crippen molar-refractivity contribution in [3.63, 3.8) is 0 Å². The minimum Gasteiger partial charge on any atom is -0.324 e. The number of hydrogen-bond donors (Lipinski definition) is 2. The lowest BCUT2D eigenvalue weighted by Crippen LogP contribution is -2.13. The first-order chi connectivity index (χ1) is 19.9. The summed E-state index contributed by atoms with van der Waals surface area (Å²) in [6.07, 6.45) is 3.67. The molecule has 0 aliphatic heterocycles. The van der Waals surface area contributed by atoms with Crippen LogP contribution in [-0.4, -0.2) is 44.3 Å². The quantitative estimate of drug-likeness (QED) is 0.214. The zero-order valence-corrected chi connectivity index (χ0v) is 23.2. The number of anilines is 3. The highest BCUT2D eigenvalue weighted by atomic mass is 32.1. The molecule has 3 heterocycles. The normalized spacial score (nSPS) is 11.2. The fraction of sp³-hybridized carbons (Fsp3) is 0.0968. The van der Waals surface area contributed by atoms with E-state index in [4.69, 9.17) is 9.97 Å². The van der Waals surface area contributed by atoms with Crippen LogP contribution in [0.3, 0.4) is 0 Å². The van der Waals surface area contributed by atoms with Gasteiger partial charge in [0.2, 0.25) is 5.95 Å². The van der Waals surface area contributed by atoms with Crippen molar-refractivity contribution in [3.05, 3.63) is 114 Å². The molecular weight excluding hydrogens is 537 g/mol. The van der Waals surface area contributed by atoms with E-state index in [1.54, 1.807) is 24.4 Å². The Morgan fingerprint density at radius 1 is 0.976 bits per heavy atom. The van der Waals surface area contributed by atoms with Gasteiger partial charge in [-0.25, -0.2) is 19.3 Å². The maximum Gasteiger partial charge on any atom is 0.258 e. The van der Waals surface area contributed by atoms with Gasteiger partial charge in [-0.1, -0.05) is 36.4 Å². The van der Waals surface area contributed by atoms with Gasteiger partial charge < -0.3 is 15.5 Å². The van der Waals surface area contributed by atoms with Crippen molar-refractivity contribution < 1.29 is 9.18 Å². The lowest BCUT2D eigenvalue weighted by molar-refractivity contribution is 0.102. The van der Waals surface area contributed by atoms with Crippen LogP contribution in [0.5, 0.6) is 0 Å². The van der Waals surface area contributed by atoms with E-state index in [9.17, 15) is 9.18 Å². The minimum absolute atomic E-state index is 0.0191. The second-order valence-corrected chi connectivity index (χ2v) is 10.6. The highest BCUT2D eigenvalue weighted by Crippen LogP contribution is 2.35. The number of imidazole rings is 1. The Labute approximate surface area is 240 Å². The number of carbonyl (C=O) groups excluding carboxylic acids is 1. The zero-order chi connectivity index (χ0) is 28.3. The van der Waals surface area contributed by atoms with Gasteiger partial charge >= 0.3 is 0 Å². The van der Waals surface area contributed by atoms with Crippen molar-refractivity contribution in [3.8, 4) is 22.6 Å². The number of amides is 1. The predicted molar refractivity (Wildman–Crippen MR) is 161 cm³/mol. The van der Waals surface area contributed by atoms with E-state index >= 15 is 0 Å². The molecule has 8 nitrogen and oxygen atoms in total. The van der Waals surface area contributed by atoms with Crippen molar-refractivity contribution in [1.82, 2.24) is 24.3 Å². The maximum absolute atomic E-state index is 14.2. The summed E-state index contributed by atoms with van der Waals surface area (Å²) in [5.74, 6) is -0.630. The van der Waals surface area contributed by atoms with Crippen LogP contribution in [0.1, 0.15) is 15.9 Å². The van der Waals surface area contributed by atoms with Gasteiger partial charge in [0.1, 0.15) is 11.5 Å². The number of aromatic nitrogens is 4. The molecule has 10 heteroatoms. The first-order valence-electron chi connectivity index (χ1n) is 12.9. The smallest absolute Gasteiger partial charge is 0.258 e. The first kappa shape index (κ1) is 26.3. The predicted octanol–water partition coefficient (Wildman–Crippen LogP) is 6.72. The van der Waals surface area contributed by atoms with Crippen LogP contribution in [0.25, 0.3) is 27.6 Å². The number of carbonyl (C=O) groups is 1. The molecule has 0 radical (unpaired) electrons. The molecule has 0 fully saturated rings. The molecule has 41 heavy (non-hydrogen) atoms. The first-order valence-corrected chi connectivity index (χ1v) is 13.8. The molecule has 0 bridgehead atoms. The van der Waals surface area contributed by atoms with E-state index in [1.165, 1.54) is 29.0 Å². The molecule has 6 aromatic rings. The summed E-state index contributed by atoms with van der Waals surface area (Å²) in [7, 11) is 4.07. The van der Waals surface area contributed by atoms with Crippen LogP contribution < -0.4 is 10.6 Å². The molecule has 0 spiro atoms. The number of benzene rings is 3. The van der Waals surface area contributed by atoms with Crippen molar-refractivity contribution in [1.29, 1.82) is 0 Å². The molecule has 0 saturated carbocycles. The molecule has 0 aliphatic rings. The third-order valence-electron chi connectivity index (χ3n) is 6.35. The Morgan fingerprint density at radius 3 is 2.66 bits per heavy atom. The average molecular weight is 564 g/mol. The molecule has 0 aliphatic carbocycles. The highest BCUT2D eigenvalue weighted by Gasteiger charge is 2.19. The van der Waals surface area contributed by atoms with Crippen LogP contribution in [0.2, 0.25) is 0 Å². The van der Waals surface area contributed by atoms with Gasteiger partial charge in [0.05, 0.1) is 17.0 Å². The number of hydrogen-bond acceptors (Lipinski definition) is 7. The van der Waals surface area contributed by atoms with E-state index in [1.807, 2.05) is 66.5 Å². The number of fused-ring (bicyclic) bond motifs is 1. The van der Waals surface area contributed by atoms with Crippen LogP contribution in [0, 0.1) is 5.82 Å². The fourth-order valence-electron chi connectivity index (χ4n) is 4.61. The number of halogens is 1. The van der Waals surface area contributed by atoms with Gasteiger partial charge in [0, 0.05) is 41.3 Å². The largest absolute Gasteiger partial charge is 0.324 e. The molecule has 0 unspecified atom stereocenters. The highest BCUT2D eigenvalue weighted by molar-refractivity contribution is 7.15. The third-order valence-corrected chi connectivity index (χ3v) is 7.11. The van der Waals surface area contributed by atoms with Gasteiger partial charge in [0.15, 0.2) is 4.96 Å². The van der Waals surface area contributed by atoms with E-state index in [0.717, 1.165) is 28.5 Å². The Balaban J connectivity index is 1.33. The topological polar surface area (TPSA) is 87.5 Å². The molecule has 1 amide bonds. The minimum atomic E-state index is -0.574. The van der Waals surface area contributed by atoms with Gasteiger partial charge in [-0.05, 0) is 62.1 Å². The monoisotopic (exact) mass is 563 g/mol. The van der Waals surface area contributed by atoms with Crippen LogP contribution in [0.4, 0.5) is 21.7 Å². The standard InChI is InChI=1S/C31H26FN7OS/c1-38(2)19-20-7-5-9-22(17-20)35-30-33-14-13-26(36-30)28-27(37-31-39(28)15-16-41-31)21-8-6-10-23(18-21)34-29(40)24-11-3-4-12-25(24)32/h3-18H,19H2,1-2H3,(H,34,40)(H,33,35,36). The maximum atomic E-state index is 14.2. The summed E-state index contributed by atoms with van der Waals surface area (Å²) >= 11 is 1.52. The summed E-state index contributed by atoms with van der Waals surface area (Å²) in [4.78, 5) is 29.8. The summed E-state index contributed by atoms with van der Waals surface area (Å²) in [6, 6.07) is 23.2. The van der Waals surface area contributed by atoms with Gasteiger partial charge in [0.25, 0.3) is 5.91 Å². The molecule has 3 aromatic carbocycles. The van der Waals surface area contributed by atoms with Crippen molar-refractivity contribution in [2.75, 3.05) is 24.7 Å². The Kier molecular flexibility index (Phi) is 7.24. The lowest BCUT2D eigenvalue weighted by atomic mass is 10.1. The second kappa shape index (κ2) is 11.3. The Morgan fingerprint density at radius 2 is 1.80 bits per heavy atom. The molecular formula is C31H26FN7OS. The van der Waals surface area contributed by atoms with Crippen molar-refractivity contribution >= 4 is 39.5 Å². The summed E-state index contributed by atoms with van der Waals surface area (Å²) < 4.78 is 16.2. The molecule has 2 N–H and O–H groups in total.